The lowest BCUT2D eigenvalue weighted by molar-refractivity contribution is -0.150. The fourth-order valence-electron chi connectivity index (χ4n) is 1.61. The van der Waals surface area contributed by atoms with Crippen LogP contribution in [0.3, 0.4) is 0 Å². The lowest BCUT2D eigenvalue weighted by Crippen LogP contribution is -2.32. The summed E-state index contributed by atoms with van der Waals surface area (Å²) in [4.78, 5) is 22.6. The van der Waals surface area contributed by atoms with Crippen molar-refractivity contribution in [2.45, 2.75) is 24.0 Å². The van der Waals surface area contributed by atoms with Gasteiger partial charge in [0.15, 0.2) is 0 Å². The van der Waals surface area contributed by atoms with Gasteiger partial charge in [-0.1, -0.05) is 0 Å². The molecule has 6 heteroatoms. The number of alkyl halides is 1. The molecule has 2 radical (unpaired) electrons. The molecule has 0 aromatic rings. The molecule has 1 unspecified atom stereocenters. The third-order valence-electron chi connectivity index (χ3n) is 2.46. The van der Waals surface area contributed by atoms with Gasteiger partial charge in [-0.2, -0.15) is 0 Å². The quantitative estimate of drug-likeness (QED) is 0.535. The molecule has 1 rings (SSSR count). The summed E-state index contributed by atoms with van der Waals surface area (Å²) >= 11 is 5.92. The first-order valence-electron chi connectivity index (χ1n) is 4.71. The predicted molar refractivity (Wildman–Crippen MR) is 54.7 cm³/mol. The molecule has 1 heterocycles. The maximum absolute atomic E-state index is 11.5. The largest absolute Gasteiger partial charge is 0.469 e. The second-order valence-electron chi connectivity index (χ2n) is 3.41. The van der Waals surface area contributed by atoms with E-state index in [1.807, 2.05) is 0 Å². The number of hydrogen-bond acceptors (Lipinski definition) is 5. The Balaban J connectivity index is 2.74. The Hall–Kier alpha value is -0.810. The van der Waals surface area contributed by atoms with Crippen LogP contribution in [0.4, 0.5) is 0 Å². The molecule has 0 aliphatic carbocycles. The van der Waals surface area contributed by atoms with Gasteiger partial charge in [-0.15, -0.1) is 11.6 Å². The number of ether oxygens (including phenoxy) is 3. The second kappa shape index (κ2) is 5.50. The molecule has 0 N–H and O–H groups in total. The van der Waals surface area contributed by atoms with Crippen molar-refractivity contribution in [3.8, 4) is 0 Å². The van der Waals surface area contributed by atoms with Crippen LogP contribution in [0, 0.1) is 12.8 Å². The fraction of sp³-hybridized carbons (Fsp3) is 0.700. The molecule has 1 saturated heterocycles. The van der Waals surface area contributed by atoms with Gasteiger partial charge in [0.1, 0.15) is 5.92 Å². The molecule has 0 spiro atoms. The lowest BCUT2D eigenvalue weighted by atomic mass is 9.97. The van der Waals surface area contributed by atoms with Crippen LogP contribution in [0.2, 0.25) is 0 Å². The average molecular weight is 249 g/mol. The zero-order valence-corrected chi connectivity index (χ0v) is 9.77. The minimum atomic E-state index is -0.791. The molecule has 0 bridgehead atoms. The molecular formula is C10H13ClO5. The van der Waals surface area contributed by atoms with Gasteiger partial charge in [-0.25, -0.2) is 0 Å². The minimum Gasteiger partial charge on any atom is -0.469 e. The Morgan fingerprint density at radius 1 is 1.38 bits per heavy atom. The van der Waals surface area contributed by atoms with Gasteiger partial charge in [0.05, 0.1) is 38.2 Å². The smallest absolute Gasteiger partial charge is 0.312 e. The Kier molecular flexibility index (Phi) is 4.56. The minimum absolute atomic E-state index is 0.0762. The second-order valence-corrected chi connectivity index (χ2v) is 3.92. The van der Waals surface area contributed by atoms with E-state index in [0.717, 1.165) is 0 Å². The number of carbonyl (C=O) groups is 2. The third kappa shape index (κ3) is 2.65. The summed E-state index contributed by atoms with van der Waals surface area (Å²) in [6.07, 6.45) is -1.56. The van der Waals surface area contributed by atoms with Crippen LogP contribution in [-0.4, -0.2) is 43.7 Å². The van der Waals surface area contributed by atoms with E-state index in [2.05, 4.69) is 9.47 Å². The highest BCUT2D eigenvalue weighted by molar-refractivity contribution is 6.22. The third-order valence-corrected chi connectivity index (χ3v) is 2.98. The Morgan fingerprint density at radius 2 is 2.00 bits per heavy atom. The monoisotopic (exact) mass is 248 g/mol. The van der Waals surface area contributed by atoms with Crippen LogP contribution in [-0.2, 0) is 23.8 Å². The van der Waals surface area contributed by atoms with E-state index in [4.69, 9.17) is 23.3 Å². The van der Waals surface area contributed by atoms with Crippen LogP contribution >= 0.6 is 11.6 Å². The van der Waals surface area contributed by atoms with Gasteiger partial charge < -0.3 is 14.2 Å². The molecule has 0 aromatic heterocycles. The molecule has 0 saturated carbocycles. The molecule has 0 amide bonds. The van der Waals surface area contributed by atoms with Gasteiger partial charge in [0.2, 0.25) is 0 Å². The first-order chi connectivity index (χ1) is 7.51. The van der Waals surface area contributed by atoms with Crippen LogP contribution in [0.25, 0.3) is 0 Å². The molecule has 16 heavy (non-hydrogen) atoms. The molecule has 1 fully saturated rings. The highest BCUT2D eigenvalue weighted by atomic mass is 35.5. The van der Waals surface area contributed by atoms with Crippen molar-refractivity contribution in [3.05, 3.63) is 6.92 Å². The summed E-state index contributed by atoms with van der Waals surface area (Å²) < 4.78 is 14.3. The highest BCUT2D eigenvalue weighted by Crippen LogP contribution is 2.33. The molecule has 90 valence electrons. The van der Waals surface area contributed by atoms with Crippen LogP contribution in [0.15, 0.2) is 0 Å². The summed E-state index contributed by atoms with van der Waals surface area (Å²) in [7, 11) is 2.49. The summed E-state index contributed by atoms with van der Waals surface area (Å²) in [6, 6.07) is 0. The Morgan fingerprint density at radius 3 is 2.50 bits per heavy atom. The number of rotatable bonds is 3. The molecule has 0 aromatic carbocycles. The normalized spacial score (nSPS) is 33.5. The van der Waals surface area contributed by atoms with Crippen molar-refractivity contribution < 1.29 is 23.8 Å². The first kappa shape index (κ1) is 13.3. The van der Waals surface area contributed by atoms with Crippen LogP contribution in [0.5, 0.6) is 0 Å². The van der Waals surface area contributed by atoms with E-state index in [-0.39, 0.29) is 6.42 Å². The molecule has 1 aliphatic rings. The lowest BCUT2D eigenvalue weighted by Gasteiger charge is -2.16. The summed E-state index contributed by atoms with van der Waals surface area (Å²) in [6.45, 7) is 5.55. The first-order valence-corrected chi connectivity index (χ1v) is 5.14. The SMILES string of the molecule is [CH][C@@H]1O[C@H](CC(=O)OC)[C@H](C(=O)OC)C1Cl. The van der Waals surface area contributed by atoms with E-state index < -0.39 is 35.4 Å². The zero-order valence-electron chi connectivity index (χ0n) is 9.01. The molecule has 4 atom stereocenters. The van der Waals surface area contributed by atoms with E-state index in [9.17, 15) is 9.59 Å². The molecular weight excluding hydrogens is 236 g/mol. The average Bonchev–Trinajstić information content (AvgIpc) is 2.53. The van der Waals surface area contributed by atoms with E-state index in [1.165, 1.54) is 14.2 Å². The number of carbonyl (C=O) groups excluding carboxylic acids is 2. The fourth-order valence-corrected chi connectivity index (χ4v) is 1.94. The van der Waals surface area contributed by atoms with Crippen molar-refractivity contribution in [3.63, 3.8) is 0 Å². The van der Waals surface area contributed by atoms with Crippen molar-refractivity contribution in [1.29, 1.82) is 0 Å². The van der Waals surface area contributed by atoms with E-state index in [1.54, 1.807) is 0 Å². The Bertz CT molecular complexity index is 280. The van der Waals surface area contributed by atoms with E-state index >= 15 is 0 Å². The number of methoxy groups -OCH3 is 2. The van der Waals surface area contributed by atoms with Gasteiger partial charge in [-0.3, -0.25) is 9.59 Å². The van der Waals surface area contributed by atoms with Gasteiger partial charge in [0, 0.05) is 0 Å². The number of hydrogen-bond donors (Lipinski definition) is 0. The predicted octanol–water partition coefficient (Wildman–Crippen LogP) is 0.425. The zero-order chi connectivity index (χ0) is 12.3. The number of esters is 2. The summed E-state index contributed by atoms with van der Waals surface area (Å²) in [5.41, 5.74) is 0. The van der Waals surface area contributed by atoms with Crippen LogP contribution < -0.4 is 0 Å². The van der Waals surface area contributed by atoms with Crippen molar-refractivity contribution >= 4 is 23.5 Å². The number of halogens is 1. The standard InChI is InChI=1S/C10H13ClO5/c1-5-9(11)8(10(13)15-3)6(16-5)4-7(12)14-2/h1,5-6,8-9H,4H2,2-3H3/t5-,6+,8-,9?/m0/s1. The van der Waals surface area contributed by atoms with Crippen molar-refractivity contribution in [2.24, 2.45) is 5.92 Å². The maximum Gasteiger partial charge on any atom is 0.312 e. The summed E-state index contributed by atoms with van der Waals surface area (Å²) in [5, 5.41) is -0.706. The topological polar surface area (TPSA) is 61.8 Å². The van der Waals surface area contributed by atoms with Gasteiger partial charge >= 0.3 is 11.9 Å². The van der Waals surface area contributed by atoms with Crippen molar-refractivity contribution in [1.82, 2.24) is 0 Å². The van der Waals surface area contributed by atoms with Crippen LogP contribution in [0.1, 0.15) is 6.42 Å². The Labute approximate surface area is 99.0 Å². The molecule has 1 aliphatic heterocycles. The molecule has 5 nitrogen and oxygen atoms in total. The van der Waals surface area contributed by atoms with E-state index in [0.29, 0.717) is 0 Å². The van der Waals surface area contributed by atoms with Crippen molar-refractivity contribution in [2.75, 3.05) is 14.2 Å². The summed E-state index contributed by atoms with van der Waals surface area (Å²) in [5.74, 6) is -1.78. The maximum atomic E-state index is 11.5. The highest BCUT2D eigenvalue weighted by Gasteiger charge is 2.47. The van der Waals surface area contributed by atoms with Gasteiger partial charge in [0.25, 0.3) is 0 Å². The van der Waals surface area contributed by atoms with Gasteiger partial charge in [-0.05, 0) is 6.92 Å².